The fourth-order valence-corrected chi connectivity index (χ4v) is 3.05. The van der Waals surface area contributed by atoms with Crippen LogP contribution in [-0.4, -0.2) is 35.0 Å². The Morgan fingerprint density at radius 1 is 1.21 bits per heavy atom. The molecule has 4 N–H and O–H groups in total. The van der Waals surface area contributed by atoms with Crippen LogP contribution < -0.4 is 21.5 Å². The summed E-state index contributed by atoms with van der Waals surface area (Å²) in [6.07, 6.45) is 0. The number of hydrogen-bond donors (Lipinski definition) is 3. The Morgan fingerprint density at radius 2 is 1.97 bits per heavy atom. The lowest BCUT2D eigenvalue weighted by Gasteiger charge is -2.17. The summed E-state index contributed by atoms with van der Waals surface area (Å²) >= 11 is 0. The first-order valence-electron chi connectivity index (χ1n) is 8.97. The Balaban J connectivity index is 1.80. The van der Waals surface area contributed by atoms with Gasteiger partial charge in [0.15, 0.2) is 12.4 Å². The standard InChI is InChI=1S/C20H20FN5O3/c1-25(12-19(28)23-14-6-4-5-13(21)9-14)11-18-24-16-8-3-2-7-15(16)20(29)26(18)10-17(22)27/h2-9H,10-12H2,1H3,(H2,22,27)(H,23,28)/p+1. The molecule has 3 rings (SSSR count). The van der Waals surface area contributed by atoms with E-state index in [0.29, 0.717) is 22.4 Å². The molecule has 8 nitrogen and oxygen atoms in total. The number of rotatable bonds is 7. The zero-order valence-corrected chi connectivity index (χ0v) is 15.8. The number of nitrogens with two attached hydrogens (primary N) is 1. The maximum absolute atomic E-state index is 13.2. The van der Waals surface area contributed by atoms with Crippen molar-refractivity contribution >= 4 is 28.4 Å². The van der Waals surface area contributed by atoms with Crippen LogP contribution >= 0.6 is 0 Å². The molecule has 9 heteroatoms. The van der Waals surface area contributed by atoms with E-state index in [1.54, 1.807) is 37.4 Å². The van der Waals surface area contributed by atoms with Crippen LogP contribution in [0.25, 0.3) is 10.9 Å². The van der Waals surface area contributed by atoms with Crippen molar-refractivity contribution in [3.63, 3.8) is 0 Å². The van der Waals surface area contributed by atoms with Crippen molar-refractivity contribution in [3.8, 4) is 0 Å². The number of carbonyl (C=O) groups excluding carboxylic acids is 2. The highest BCUT2D eigenvalue weighted by molar-refractivity contribution is 5.91. The van der Waals surface area contributed by atoms with E-state index in [4.69, 9.17) is 5.73 Å². The minimum absolute atomic E-state index is 0.0514. The molecule has 0 spiro atoms. The van der Waals surface area contributed by atoms with E-state index < -0.39 is 11.7 Å². The highest BCUT2D eigenvalue weighted by Gasteiger charge is 2.18. The first kappa shape index (κ1) is 20.2. The smallest absolute Gasteiger partial charge is 0.279 e. The summed E-state index contributed by atoms with van der Waals surface area (Å²) in [5.41, 5.74) is 5.79. The largest absolute Gasteiger partial charge is 0.368 e. The molecule has 1 atom stereocenters. The van der Waals surface area contributed by atoms with Crippen LogP contribution in [0.4, 0.5) is 10.1 Å². The number of benzene rings is 2. The fourth-order valence-electron chi connectivity index (χ4n) is 3.05. The van der Waals surface area contributed by atoms with Crippen molar-refractivity contribution in [2.75, 3.05) is 18.9 Å². The molecule has 1 heterocycles. The SMILES string of the molecule is C[NH+](CC(=O)Nc1cccc(F)c1)Cc1nc2ccccc2c(=O)n1CC(N)=O. The number of carbonyl (C=O) groups is 2. The third kappa shape index (κ3) is 5.02. The van der Waals surface area contributed by atoms with Gasteiger partial charge in [-0.2, -0.15) is 0 Å². The summed E-state index contributed by atoms with van der Waals surface area (Å²) in [6.45, 7) is -0.0333. The molecule has 2 aromatic carbocycles. The molecule has 1 aromatic heterocycles. The van der Waals surface area contributed by atoms with E-state index in [0.717, 1.165) is 4.90 Å². The summed E-state index contributed by atoms with van der Waals surface area (Å²) in [5, 5.41) is 3.01. The fraction of sp³-hybridized carbons (Fsp3) is 0.200. The molecule has 0 aliphatic carbocycles. The van der Waals surface area contributed by atoms with Gasteiger partial charge in [-0.1, -0.05) is 18.2 Å². The van der Waals surface area contributed by atoms with Gasteiger partial charge in [-0.25, -0.2) is 9.37 Å². The first-order chi connectivity index (χ1) is 13.8. The quantitative estimate of drug-likeness (QED) is 0.506. The lowest BCUT2D eigenvalue weighted by Crippen LogP contribution is -3.09. The van der Waals surface area contributed by atoms with Crippen molar-refractivity contribution in [3.05, 3.63) is 70.5 Å². The van der Waals surface area contributed by atoms with Crippen LogP contribution in [-0.2, 0) is 22.7 Å². The van der Waals surface area contributed by atoms with Crippen LogP contribution in [0.3, 0.4) is 0 Å². The van der Waals surface area contributed by atoms with Gasteiger partial charge in [-0.3, -0.25) is 19.0 Å². The molecule has 29 heavy (non-hydrogen) atoms. The predicted molar refractivity (Wildman–Crippen MR) is 106 cm³/mol. The number of nitrogens with one attached hydrogen (secondary N) is 2. The minimum atomic E-state index is -0.660. The van der Waals surface area contributed by atoms with Gasteiger partial charge >= 0.3 is 0 Å². The second-order valence-electron chi connectivity index (χ2n) is 6.77. The van der Waals surface area contributed by atoms with Crippen molar-refractivity contribution in [1.82, 2.24) is 9.55 Å². The molecule has 1 unspecified atom stereocenters. The highest BCUT2D eigenvalue weighted by Crippen LogP contribution is 2.09. The molecule has 0 aliphatic rings. The number of anilines is 1. The Labute approximate surface area is 165 Å². The third-order valence-electron chi connectivity index (χ3n) is 4.29. The number of likely N-dealkylation sites (N-methyl/N-ethyl adjacent to an activating group) is 1. The second kappa shape index (κ2) is 8.61. The summed E-state index contributed by atoms with van der Waals surface area (Å²) in [5.74, 6) is -1.08. The predicted octanol–water partition coefficient (Wildman–Crippen LogP) is -0.326. The van der Waals surface area contributed by atoms with Gasteiger partial charge < -0.3 is 16.0 Å². The van der Waals surface area contributed by atoms with Crippen molar-refractivity contribution in [2.24, 2.45) is 5.73 Å². The van der Waals surface area contributed by atoms with Gasteiger partial charge in [-0.15, -0.1) is 0 Å². The molecule has 0 radical (unpaired) electrons. The van der Waals surface area contributed by atoms with Gasteiger partial charge in [0, 0.05) is 5.69 Å². The zero-order chi connectivity index (χ0) is 21.0. The second-order valence-corrected chi connectivity index (χ2v) is 6.77. The normalized spacial score (nSPS) is 11.9. The van der Waals surface area contributed by atoms with Crippen molar-refractivity contribution < 1.29 is 18.9 Å². The van der Waals surface area contributed by atoms with E-state index >= 15 is 0 Å². The maximum atomic E-state index is 13.2. The number of aromatic nitrogens is 2. The average molecular weight is 398 g/mol. The van der Waals surface area contributed by atoms with Crippen LogP contribution in [0.15, 0.2) is 53.3 Å². The Hall–Kier alpha value is -3.59. The van der Waals surface area contributed by atoms with E-state index in [2.05, 4.69) is 10.3 Å². The van der Waals surface area contributed by atoms with Gasteiger partial charge in [0.1, 0.15) is 18.9 Å². The van der Waals surface area contributed by atoms with Crippen molar-refractivity contribution in [2.45, 2.75) is 13.1 Å². The van der Waals surface area contributed by atoms with Gasteiger partial charge in [0.05, 0.1) is 18.0 Å². The number of hydrogen-bond acceptors (Lipinski definition) is 4. The van der Waals surface area contributed by atoms with E-state index in [1.807, 2.05) is 0 Å². The summed E-state index contributed by atoms with van der Waals surface area (Å²) < 4.78 is 14.5. The highest BCUT2D eigenvalue weighted by atomic mass is 19.1. The molecule has 3 aromatic rings. The van der Waals surface area contributed by atoms with E-state index in [9.17, 15) is 18.8 Å². The minimum Gasteiger partial charge on any atom is -0.368 e. The maximum Gasteiger partial charge on any atom is 0.279 e. The molecule has 0 saturated carbocycles. The molecule has 150 valence electrons. The molecule has 0 saturated heterocycles. The zero-order valence-electron chi connectivity index (χ0n) is 15.8. The van der Waals surface area contributed by atoms with E-state index in [1.165, 1.54) is 22.8 Å². The van der Waals surface area contributed by atoms with Crippen molar-refractivity contribution in [1.29, 1.82) is 0 Å². The Bertz CT molecular complexity index is 1130. The number of primary amides is 1. The van der Waals surface area contributed by atoms with Crippen LogP contribution in [0.5, 0.6) is 0 Å². The Morgan fingerprint density at radius 3 is 2.69 bits per heavy atom. The van der Waals surface area contributed by atoms with Gasteiger partial charge in [0.25, 0.3) is 11.5 Å². The number of para-hydroxylation sites is 1. The number of quaternary nitrogens is 1. The molecule has 0 fully saturated rings. The number of halogens is 1. The monoisotopic (exact) mass is 398 g/mol. The number of nitrogens with zero attached hydrogens (tertiary/aromatic N) is 2. The van der Waals surface area contributed by atoms with Crippen LogP contribution in [0.2, 0.25) is 0 Å². The molecule has 0 aliphatic heterocycles. The van der Waals surface area contributed by atoms with Gasteiger partial charge in [0.2, 0.25) is 5.91 Å². The molecular formula is C20H21FN5O3+. The van der Waals surface area contributed by atoms with Crippen LogP contribution in [0.1, 0.15) is 5.82 Å². The third-order valence-corrected chi connectivity index (χ3v) is 4.29. The molecule has 0 bridgehead atoms. The lowest BCUT2D eigenvalue weighted by atomic mass is 10.2. The summed E-state index contributed by atoms with van der Waals surface area (Å²) in [7, 11) is 1.75. The summed E-state index contributed by atoms with van der Waals surface area (Å²) in [6, 6.07) is 12.4. The Kier molecular flexibility index (Phi) is 5.99. The van der Waals surface area contributed by atoms with E-state index in [-0.39, 0.29) is 31.1 Å². The van der Waals surface area contributed by atoms with Crippen LogP contribution in [0, 0.1) is 5.82 Å². The first-order valence-corrected chi connectivity index (χ1v) is 8.97. The van der Waals surface area contributed by atoms with Gasteiger partial charge in [-0.05, 0) is 30.3 Å². The number of fused-ring (bicyclic) bond motifs is 1. The molecule has 2 amide bonds. The lowest BCUT2D eigenvalue weighted by molar-refractivity contribution is -0.886. The average Bonchev–Trinajstić information content (AvgIpc) is 2.64. The summed E-state index contributed by atoms with van der Waals surface area (Å²) in [4.78, 5) is 41.6. The molecular weight excluding hydrogens is 377 g/mol. The number of amides is 2. The topological polar surface area (TPSA) is 112 Å².